The molecule has 1 aliphatic carbocycles. The van der Waals surface area contributed by atoms with E-state index in [0.29, 0.717) is 12.5 Å². The van der Waals surface area contributed by atoms with Crippen molar-refractivity contribution in [1.82, 2.24) is 5.32 Å². The van der Waals surface area contributed by atoms with Crippen LogP contribution in [0.1, 0.15) is 39.5 Å². The molecule has 0 atom stereocenters. The van der Waals surface area contributed by atoms with Gasteiger partial charge in [0, 0.05) is 18.8 Å². The Morgan fingerprint density at radius 2 is 1.78 bits per heavy atom. The van der Waals surface area contributed by atoms with E-state index >= 15 is 0 Å². The summed E-state index contributed by atoms with van der Waals surface area (Å²) in [5.74, 6) is 0.00369. The minimum Gasteiger partial charge on any atom is -0.354 e. The third-order valence-electron chi connectivity index (χ3n) is 3.92. The van der Waals surface area contributed by atoms with Crippen LogP contribution in [0, 0.1) is 5.92 Å². The van der Waals surface area contributed by atoms with Crippen molar-refractivity contribution >= 4 is 15.7 Å². The summed E-state index contributed by atoms with van der Waals surface area (Å²) in [6, 6.07) is 0.282. The molecule has 0 aromatic heterocycles. The molecule has 0 aliphatic heterocycles. The van der Waals surface area contributed by atoms with Crippen LogP contribution >= 0.6 is 0 Å². The van der Waals surface area contributed by atoms with Gasteiger partial charge >= 0.3 is 0 Å². The average Bonchev–Trinajstić information content (AvgIpc) is 2.26. The molecule has 1 saturated carbocycles. The molecule has 0 bridgehead atoms. The standard InChI is InChI=1S/C12H24N2O3S/c1-12(2,18(3,16)17)11(15)14-8-9-4-6-10(13)7-5-9/h9-10H,4-8,13H2,1-3H3,(H,14,15). The number of hydrogen-bond donors (Lipinski definition) is 2. The van der Waals surface area contributed by atoms with E-state index in [-0.39, 0.29) is 6.04 Å². The molecule has 0 aromatic carbocycles. The molecule has 1 amide bonds. The summed E-state index contributed by atoms with van der Waals surface area (Å²) in [6.45, 7) is 3.42. The van der Waals surface area contributed by atoms with E-state index in [1.807, 2.05) is 0 Å². The molecule has 106 valence electrons. The van der Waals surface area contributed by atoms with Crippen molar-refractivity contribution in [2.24, 2.45) is 11.7 Å². The second-order valence-electron chi connectivity index (χ2n) is 5.77. The predicted molar refractivity (Wildman–Crippen MR) is 71.9 cm³/mol. The number of sulfone groups is 1. The molecular weight excluding hydrogens is 252 g/mol. The van der Waals surface area contributed by atoms with Gasteiger partial charge in [0.05, 0.1) is 0 Å². The zero-order chi connectivity index (χ0) is 14.0. The van der Waals surface area contributed by atoms with Crippen molar-refractivity contribution in [2.75, 3.05) is 12.8 Å². The number of nitrogens with two attached hydrogens (primary N) is 1. The van der Waals surface area contributed by atoms with E-state index in [2.05, 4.69) is 5.32 Å². The zero-order valence-corrected chi connectivity index (χ0v) is 12.2. The van der Waals surface area contributed by atoms with E-state index in [1.165, 1.54) is 13.8 Å². The molecule has 18 heavy (non-hydrogen) atoms. The van der Waals surface area contributed by atoms with Gasteiger partial charge in [0.1, 0.15) is 4.75 Å². The first-order chi connectivity index (χ1) is 8.14. The fourth-order valence-corrected chi connectivity index (χ4v) is 2.42. The van der Waals surface area contributed by atoms with Gasteiger partial charge in [0.2, 0.25) is 5.91 Å². The Kier molecular flexibility index (Phi) is 4.78. The van der Waals surface area contributed by atoms with Crippen LogP contribution < -0.4 is 11.1 Å². The van der Waals surface area contributed by atoms with Gasteiger partial charge in [0.25, 0.3) is 0 Å². The third-order valence-corrected chi connectivity index (χ3v) is 5.96. The summed E-state index contributed by atoms with van der Waals surface area (Å²) in [7, 11) is -3.40. The van der Waals surface area contributed by atoms with Gasteiger partial charge in [-0.3, -0.25) is 4.79 Å². The Labute approximate surface area is 109 Å². The van der Waals surface area contributed by atoms with Gasteiger partial charge in [-0.25, -0.2) is 8.42 Å². The Morgan fingerprint density at radius 1 is 1.28 bits per heavy atom. The van der Waals surface area contributed by atoms with Crippen molar-refractivity contribution in [3.63, 3.8) is 0 Å². The van der Waals surface area contributed by atoms with E-state index < -0.39 is 20.5 Å². The van der Waals surface area contributed by atoms with Crippen LogP contribution in [0.3, 0.4) is 0 Å². The Morgan fingerprint density at radius 3 is 2.22 bits per heavy atom. The van der Waals surface area contributed by atoms with Crippen LogP contribution in [-0.2, 0) is 14.6 Å². The molecule has 1 fully saturated rings. The maximum Gasteiger partial charge on any atom is 0.240 e. The highest BCUT2D eigenvalue weighted by molar-refractivity contribution is 7.92. The molecule has 1 aliphatic rings. The van der Waals surface area contributed by atoms with Crippen LogP contribution in [0.2, 0.25) is 0 Å². The fraction of sp³-hybridized carbons (Fsp3) is 0.917. The first kappa shape index (κ1) is 15.4. The Hall–Kier alpha value is -0.620. The highest BCUT2D eigenvalue weighted by atomic mass is 32.2. The highest BCUT2D eigenvalue weighted by Gasteiger charge is 2.38. The predicted octanol–water partition coefficient (Wildman–Crippen LogP) is 0.443. The van der Waals surface area contributed by atoms with Gasteiger partial charge < -0.3 is 11.1 Å². The number of hydrogen-bond acceptors (Lipinski definition) is 4. The van der Waals surface area contributed by atoms with Crippen LogP contribution in [0.15, 0.2) is 0 Å². The Balaban J connectivity index is 2.47. The molecule has 1 rings (SSSR count). The van der Waals surface area contributed by atoms with Crippen molar-refractivity contribution in [1.29, 1.82) is 0 Å². The van der Waals surface area contributed by atoms with E-state index in [0.717, 1.165) is 31.9 Å². The van der Waals surface area contributed by atoms with Crippen molar-refractivity contribution in [3.8, 4) is 0 Å². The third kappa shape index (κ3) is 3.68. The first-order valence-electron chi connectivity index (χ1n) is 6.38. The quantitative estimate of drug-likeness (QED) is 0.780. The number of amides is 1. The monoisotopic (exact) mass is 276 g/mol. The van der Waals surface area contributed by atoms with Gasteiger partial charge in [-0.2, -0.15) is 0 Å². The number of carbonyl (C=O) groups excluding carboxylic acids is 1. The summed E-state index contributed by atoms with van der Waals surface area (Å²) < 4.78 is 21.7. The van der Waals surface area contributed by atoms with Crippen LogP contribution in [0.4, 0.5) is 0 Å². The fourth-order valence-electron chi connectivity index (χ4n) is 2.01. The summed E-state index contributed by atoms with van der Waals surface area (Å²) >= 11 is 0. The molecule has 0 aromatic rings. The van der Waals surface area contributed by atoms with Crippen molar-refractivity contribution in [3.05, 3.63) is 0 Å². The second kappa shape index (κ2) is 5.57. The number of carbonyl (C=O) groups is 1. The van der Waals surface area contributed by atoms with Gasteiger partial charge in [0.15, 0.2) is 9.84 Å². The average molecular weight is 276 g/mol. The zero-order valence-electron chi connectivity index (χ0n) is 11.4. The smallest absolute Gasteiger partial charge is 0.240 e. The second-order valence-corrected chi connectivity index (χ2v) is 8.34. The SMILES string of the molecule is CC(C)(C(=O)NCC1CCC(N)CC1)S(C)(=O)=O. The first-order valence-corrected chi connectivity index (χ1v) is 8.27. The molecule has 6 heteroatoms. The normalized spacial score (nSPS) is 25.8. The number of rotatable bonds is 4. The minimum atomic E-state index is -3.40. The lowest BCUT2D eigenvalue weighted by Crippen LogP contribution is -2.49. The van der Waals surface area contributed by atoms with E-state index in [9.17, 15) is 13.2 Å². The maximum absolute atomic E-state index is 11.9. The van der Waals surface area contributed by atoms with E-state index in [4.69, 9.17) is 5.73 Å². The van der Waals surface area contributed by atoms with Crippen molar-refractivity contribution in [2.45, 2.75) is 50.3 Å². The summed E-state index contributed by atoms with van der Waals surface area (Å²) in [4.78, 5) is 11.9. The number of nitrogens with one attached hydrogen (secondary N) is 1. The van der Waals surface area contributed by atoms with Crippen LogP contribution in [0.5, 0.6) is 0 Å². The molecular formula is C12H24N2O3S. The lowest BCUT2D eigenvalue weighted by atomic mass is 9.86. The van der Waals surface area contributed by atoms with Gasteiger partial charge in [-0.05, 0) is 45.4 Å². The molecule has 3 N–H and O–H groups in total. The highest BCUT2D eigenvalue weighted by Crippen LogP contribution is 2.23. The molecule has 0 saturated heterocycles. The van der Waals surface area contributed by atoms with Gasteiger partial charge in [-0.1, -0.05) is 0 Å². The summed E-state index contributed by atoms with van der Waals surface area (Å²) in [6.07, 6.45) is 5.06. The summed E-state index contributed by atoms with van der Waals surface area (Å²) in [5, 5.41) is 2.76. The minimum absolute atomic E-state index is 0.282. The lowest BCUT2D eigenvalue weighted by molar-refractivity contribution is -0.123. The largest absolute Gasteiger partial charge is 0.354 e. The molecule has 0 radical (unpaired) electrons. The lowest BCUT2D eigenvalue weighted by Gasteiger charge is -2.28. The molecule has 5 nitrogen and oxygen atoms in total. The molecule has 0 spiro atoms. The van der Waals surface area contributed by atoms with Crippen molar-refractivity contribution < 1.29 is 13.2 Å². The molecule has 0 unspecified atom stereocenters. The Bertz CT molecular complexity index is 396. The van der Waals surface area contributed by atoms with E-state index in [1.54, 1.807) is 0 Å². The van der Waals surface area contributed by atoms with Crippen LogP contribution in [0.25, 0.3) is 0 Å². The maximum atomic E-state index is 11.9. The van der Waals surface area contributed by atoms with Crippen LogP contribution in [-0.4, -0.2) is 37.9 Å². The van der Waals surface area contributed by atoms with Gasteiger partial charge in [-0.15, -0.1) is 0 Å². The topological polar surface area (TPSA) is 89.3 Å². The summed E-state index contributed by atoms with van der Waals surface area (Å²) in [5.41, 5.74) is 5.81. The molecule has 0 heterocycles.